The first-order chi connectivity index (χ1) is 21.4. The van der Waals surface area contributed by atoms with Crippen LogP contribution in [0, 0.1) is 17.7 Å². The SMILES string of the molecule is COc1cc([C@@H]2c3cc4c(cc3[C@H](NC(=O)c3cn(-c5ccc(F)cc5)nn3)[C@H]3COC(=O)[C@H]23)OCO4)cc(OC)c1OC. The van der Waals surface area contributed by atoms with Crippen molar-refractivity contribution in [2.45, 2.75) is 12.0 Å². The fourth-order valence-electron chi connectivity index (χ4n) is 6.33. The molecule has 1 N–H and O–H groups in total. The Morgan fingerprint density at radius 2 is 1.64 bits per heavy atom. The summed E-state index contributed by atoms with van der Waals surface area (Å²) in [5.41, 5.74) is 2.82. The summed E-state index contributed by atoms with van der Waals surface area (Å²) < 4.78 is 48.6. The average Bonchev–Trinajstić information content (AvgIpc) is 3.80. The van der Waals surface area contributed by atoms with E-state index in [2.05, 4.69) is 15.6 Å². The van der Waals surface area contributed by atoms with E-state index in [1.165, 1.54) is 56.5 Å². The van der Waals surface area contributed by atoms with Gasteiger partial charge in [-0.3, -0.25) is 9.59 Å². The van der Waals surface area contributed by atoms with Gasteiger partial charge in [0.05, 0.1) is 51.8 Å². The number of methoxy groups -OCH3 is 3. The molecule has 1 fully saturated rings. The number of rotatable bonds is 7. The Bertz CT molecular complexity index is 1750. The molecular formula is C31H27FN4O8. The Labute approximate surface area is 250 Å². The predicted octanol–water partition coefficient (Wildman–Crippen LogP) is 3.57. The maximum atomic E-state index is 13.6. The number of carbonyl (C=O) groups is 2. The Morgan fingerprint density at radius 1 is 0.955 bits per heavy atom. The van der Waals surface area contributed by atoms with Gasteiger partial charge in [0, 0.05) is 11.8 Å². The van der Waals surface area contributed by atoms with E-state index in [0.29, 0.717) is 34.4 Å². The molecule has 44 heavy (non-hydrogen) atoms. The van der Waals surface area contributed by atoms with Gasteiger partial charge in [-0.15, -0.1) is 5.10 Å². The second kappa shape index (κ2) is 10.7. The molecule has 3 heterocycles. The van der Waals surface area contributed by atoms with Crippen molar-refractivity contribution in [3.8, 4) is 34.4 Å². The molecule has 0 radical (unpaired) electrons. The van der Waals surface area contributed by atoms with Crippen LogP contribution in [0.25, 0.3) is 5.69 Å². The molecule has 3 aliphatic rings. The first-order valence-electron chi connectivity index (χ1n) is 13.8. The van der Waals surface area contributed by atoms with Crippen LogP contribution in [0.4, 0.5) is 4.39 Å². The summed E-state index contributed by atoms with van der Waals surface area (Å²) in [5, 5.41) is 11.1. The number of hydrogen-bond donors (Lipinski definition) is 1. The van der Waals surface area contributed by atoms with Crippen LogP contribution in [0.2, 0.25) is 0 Å². The van der Waals surface area contributed by atoms with Crippen LogP contribution in [-0.4, -0.2) is 61.6 Å². The van der Waals surface area contributed by atoms with E-state index >= 15 is 0 Å². The minimum Gasteiger partial charge on any atom is -0.493 e. The largest absolute Gasteiger partial charge is 0.493 e. The van der Waals surface area contributed by atoms with Crippen LogP contribution in [0.5, 0.6) is 28.7 Å². The average molecular weight is 603 g/mol. The van der Waals surface area contributed by atoms with Crippen molar-refractivity contribution >= 4 is 11.9 Å². The predicted molar refractivity (Wildman–Crippen MR) is 150 cm³/mol. The van der Waals surface area contributed by atoms with Crippen LogP contribution < -0.4 is 29.0 Å². The summed E-state index contributed by atoms with van der Waals surface area (Å²) in [6, 6.07) is 12.3. The molecule has 0 unspecified atom stereocenters. The van der Waals surface area contributed by atoms with E-state index in [-0.39, 0.29) is 19.1 Å². The molecule has 2 aliphatic heterocycles. The first-order valence-corrected chi connectivity index (χ1v) is 13.8. The van der Waals surface area contributed by atoms with Gasteiger partial charge in [0.25, 0.3) is 5.91 Å². The van der Waals surface area contributed by atoms with Crippen LogP contribution in [0.15, 0.2) is 54.7 Å². The molecule has 7 rings (SSSR count). The van der Waals surface area contributed by atoms with Gasteiger partial charge in [-0.2, -0.15) is 0 Å². The number of aromatic nitrogens is 3. The third kappa shape index (κ3) is 4.43. The van der Waals surface area contributed by atoms with Crippen molar-refractivity contribution in [1.29, 1.82) is 0 Å². The van der Waals surface area contributed by atoms with Crippen LogP contribution >= 0.6 is 0 Å². The Morgan fingerprint density at radius 3 is 2.30 bits per heavy atom. The van der Waals surface area contributed by atoms with Gasteiger partial charge in [-0.05, 0) is 65.2 Å². The molecule has 1 aliphatic carbocycles. The lowest BCUT2D eigenvalue weighted by Gasteiger charge is -2.39. The third-order valence-electron chi connectivity index (χ3n) is 8.34. The quantitative estimate of drug-likeness (QED) is 0.313. The summed E-state index contributed by atoms with van der Waals surface area (Å²) in [5.74, 6) is -0.535. The first kappa shape index (κ1) is 27.5. The minimum absolute atomic E-state index is 0.0464. The molecule has 0 bridgehead atoms. The van der Waals surface area contributed by atoms with E-state index in [0.717, 1.165) is 16.7 Å². The number of carbonyl (C=O) groups excluding carboxylic acids is 2. The molecule has 0 saturated carbocycles. The molecule has 3 aromatic carbocycles. The fourth-order valence-corrected chi connectivity index (χ4v) is 6.33. The van der Waals surface area contributed by atoms with Gasteiger partial charge < -0.3 is 33.7 Å². The normalized spacial score (nSPS) is 21.2. The van der Waals surface area contributed by atoms with Gasteiger partial charge in [-0.1, -0.05) is 5.21 Å². The lowest BCUT2D eigenvalue weighted by molar-refractivity contribution is -0.141. The van der Waals surface area contributed by atoms with Crippen molar-refractivity contribution in [3.63, 3.8) is 0 Å². The molecule has 1 aromatic heterocycles. The second-order valence-electron chi connectivity index (χ2n) is 10.6. The standard InChI is InChI=1S/C31H27FN4O8/c1-39-24-8-15(9-25(40-2)29(24)41-3)26-18-10-22-23(44-14-43-22)11-19(18)28(20-13-42-31(38)27(20)26)33-30(37)21-12-36(35-34-21)17-6-4-16(32)5-7-17/h4-12,20,26-28H,13-14H2,1-3H3,(H,33,37)/t20-,26+,27-,28-/m0/s1. The highest BCUT2D eigenvalue weighted by Gasteiger charge is 2.53. The number of nitrogens with zero attached hydrogens (tertiary/aromatic N) is 3. The molecule has 12 nitrogen and oxygen atoms in total. The van der Waals surface area contributed by atoms with Gasteiger partial charge >= 0.3 is 5.97 Å². The maximum Gasteiger partial charge on any atom is 0.310 e. The monoisotopic (exact) mass is 602 g/mol. The fraction of sp³-hybridized carbons (Fsp3) is 0.290. The number of halogens is 1. The van der Waals surface area contributed by atoms with E-state index < -0.39 is 41.5 Å². The molecule has 4 atom stereocenters. The lowest BCUT2D eigenvalue weighted by Crippen LogP contribution is -2.43. The molecule has 4 aromatic rings. The highest BCUT2D eigenvalue weighted by Crippen LogP contribution is 2.55. The van der Waals surface area contributed by atoms with E-state index in [9.17, 15) is 14.0 Å². The van der Waals surface area contributed by atoms with Gasteiger partial charge in [0.2, 0.25) is 12.5 Å². The van der Waals surface area contributed by atoms with Crippen LogP contribution in [0.1, 0.15) is 39.1 Å². The Hall–Kier alpha value is -5.33. The highest BCUT2D eigenvalue weighted by molar-refractivity contribution is 5.92. The number of fused-ring (bicyclic) bond motifs is 3. The Balaban J connectivity index is 1.31. The van der Waals surface area contributed by atoms with Crippen molar-refractivity contribution in [3.05, 3.63) is 82.9 Å². The smallest absolute Gasteiger partial charge is 0.310 e. The minimum atomic E-state index is -0.661. The summed E-state index contributed by atoms with van der Waals surface area (Å²) in [7, 11) is 4.57. The van der Waals surface area contributed by atoms with Crippen LogP contribution in [0.3, 0.4) is 0 Å². The zero-order chi connectivity index (χ0) is 30.5. The molecule has 226 valence electrons. The number of hydrogen-bond acceptors (Lipinski definition) is 10. The lowest BCUT2D eigenvalue weighted by atomic mass is 9.65. The van der Waals surface area contributed by atoms with Gasteiger partial charge in [0.1, 0.15) is 5.82 Å². The third-order valence-corrected chi connectivity index (χ3v) is 8.34. The van der Waals surface area contributed by atoms with E-state index in [1.807, 2.05) is 24.3 Å². The van der Waals surface area contributed by atoms with Crippen molar-refractivity contribution < 1.29 is 42.4 Å². The van der Waals surface area contributed by atoms with Gasteiger partial charge in [0.15, 0.2) is 28.7 Å². The topological polar surface area (TPSA) is 132 Å². The number of cyclic esters (lactones) is 1. The highest BCUT2D eigenvalue weighted by atomic mass is 19.1. The van der Waals surface area contributed by atoms with E-state index in [1.54, 1.807) is 0 Å². The number of nitrogens with one attached hydrogen (secondary N) is 1. The van der Waals surface area contributed by atoms with Crippen molar-refractivity contribution in [1.82, 2.24) is 20.3 Å². The maximum absolute atomic E-state index is 13.6. The number of esters is 1. The molecule has 1 amide bonds. The number of amides is 1. The van der Waals surface area contributed by atoms with Crippen LogP contribution in [-0.2, 0) is 9.53 Å². The Kier molecular flexibility index (Phi) is 6.71. The van der Waals surface area contributed by atoms with Gasteiger partial charge in [-0.25, -0.2) is 9.07 Å². The summed E-state index contributed by atoms with van der Waals surface area (Å²) in [4.78, 5) is 27.0. The zero-order valence-corrected chi connectivity index (χ0v) is 23.9. The molecular weight excluding hydrogens is 575 g/mol. The zero-order valence-electron chi connectivity index (χ0n) is 23.9. The second-order valence-corrected chi connectivity index (χ2v) is 10.6. The summed E-state index contributed by atoms with van der Waals surface area (Å²) in [6.45, 7) is 0.136. The number of ether oxygens (including phenoxy) is 6. The van der Waals surface area contributed by atoms with Crippen molar-refractivity contribution in [2.75, 3.05) is 34.7 Å². The molecule has 1 saturated heterocycles. The summed E-state index contributed by atoms with van der Waals surface area (Å²) >= 11 is 0. The number of benzene rings is 3. The molecule has 13 heteroatoms. The van der Waals surface area contributed by atoms with E-state index in [4.69, 9.17) is 28.4 Å². The summed E-state index contributed by atoms with van der Waals surface area (Å²) in [6.07, 6.45) is 1.46. The van der Waals surface area contributed by atoms with Crippen molar-refractivity contribution in [2.24, 2.45) is 11.8 Å². The molecule has 0 spiro atoms.